The molecule has 2 aliphatic heterocycles. The van der Waals surface area contributed by atoms with E-state index in [1.165, 1.54) is 31.7 Å². The average Bonchev–Trinajstić information content (AvgIpc) is 3.44. The molecule has 1 aromatic carbocycles. The zero-order valence-corrected chi connectivity index (χ0v) is 20.5. The summed E-state index contributed by atoms with van der Waals surface area (Å²) in [4.78, 5) is 8.08. The van der Waals surface area contributed by atoms with Crippen molar-refractivity contribution in [3.8, 4) is 16.8 Å². The molecule has 2 aromatic heterocycles. The molecule has 0 amide bonds. The van der Waals surface area contributed by atoms with Crippen molar-refractivity contribution in [1.29, 1.82) is 0 Å². The fourth-order valence-corrected chi connectivity index (χ4v) is 5.53. The highest BCUT2D eigenvalue weighted by molar-refractivity contribution is 5.71. The van der Waals surface area contributed by atoms with Gasteiger partial charge in [-0.2, -0.15) is 5.10 Å². The summed E-state index contributed by atoms with van der Waals surface area (Å²) in [5, 5.41) is 4.55. The fourth-order valence-electron chi connectivity index (χ4n) is 5.53. The van der Waals surface area contributed by atoms with Crippen molar-refractivity contribution in [3.63, 3.8) is 0 Å². The maximum absolute atomic E-state index is 13.7. The molecular weight excluding hydrogens is 484 g/mol. The lowest BCUT2D eigenvalue weighted by molar-refractivity contribution is -0.0221. The van der Waals surface area contributed by atoms with Crippen LogP contribution in [0.25, 0.3) is 16.8 Å². The maximum Gasteiger partial charge on any atom is 0.280 e. The summed E-state index contributed by atoms with van der Waals surface area (Å²) in [6.07, 6.45) is 5.00. The van der Waals surface area contributed by atoms with Gasteiger partial charge in [0.15, 0.2) is 0 Å². The number of rotatable bonds is 5. The Morgan fingerprint density at radius 2 is 1.51 bits per heavy atom. The molecule has 2 N–H and O–H groups in total. The van der Waals surface area contributed by atoms with Crippen molar-refractivity contribution < 1.29 is 17.6 Å². The van der Waals surface area contributed by atoms with E-state index >= 15 is 0 Å². The lowest BCUT2D eigenvalue weighted by Crippen LogP contribution is -2.39. The molecule has 6 nitrogen and oxygen atoms in total. The van der Waals surface area contributed by atoms with Gasteiger partial charge in [0.1, 0.15) is 11.5 Å². The summed E-state index contributed by atoms with van der Waals surface area (Å²) in [6.45, 7) is 2.06. The Labute approximate surface area is 213 Å². The molecule has 37 heavy (non-hydrogen) atoms. The van der Waals surface area contributed by atoms with Gasteiger partial charge in [0.25, 0.3) is 12.3 Å². The van der Waals surface area contributed by atoms with Crippen LogP contribution >= 0.6 is 0 Å². The summed E-state index contributed by atoms with van der Waals surface area (Å²) in [5.74, 6) is -2.45. The molecule has 196 valence electrons. The van der Waals surface area contributed by atoms with Crippen molar-refractivity contribution in [2.75, 3.05) is 41.7 Å². The number of nitrogens with zero attached hydrogens (tertiary/aromatic N) is 5. The van der Waals surface area contributed by atoms with Crippen LogP contribution in [0.3, 0.4) is 0 Å². The smallest absolute Gasteiger partial charge is 0.280 e. The molecule has 0 bridgehead atoms. The average molecular weight is 515 g/mol. The van der Waals surface area contributed by atoms with E-state index in [-0.39, 0.29) is 37.4 Å². The number of benzene rings is 1. The lowest BCUT2D eigenvalue weighted by Gasteiger charge is -2.35. The van der Waals surface area contributed by atoms with Crippen LogP contribution in [-0.4, -0.2) is 46.9 Å². The van der Waals surface area contributed by atoms with E-state index in [1.54, 1.807) is 28.0 Å². The van der Waals surface area contributed by atoms with Crippen LogP contribution in [0.2, 0.25) is 0 Å². The third-order valence-electron chi connectivity index (χ3n) is 8.16. The molecule has 0 atom stereocenters. The summed E-state index contributed by atoms with van der Waals surface area (Å²) in [7, 11) is 0. The summed E-state index contributed by atoms with van der Waals surface area (Å²) in [6, 6.07) is 8.75. The quantitative estimate of drug-likeness (QED) is 0.331. The van der Waals surface area contributed by atoms with E-state index in [0.29, 0.717) is 22.2 Å². The van der Waals surface area contributed by atoms with Gasteiger partial charge < -0.3 is 15.5 Å². The molecule has 0 unspecified atom stereocenters. The molecule has 1 aliphatic carbocycles. The molecule has 3 aliphatic rings. The summed E-state index contributed by atoms with van der Waals surface area (Å²) >= 11 is 0. The van der Waals surface area contributed by atoms with Crippen LogP contribution in [0.4, 0.5) is 34.8 Å². The van der Waals surface area contributed by atoms with Gasteiger partial charge in [0.2, 0.25) is 0 Å². The number of nitrogens with two attached hydrogens (primary N) is 1. The Balaban J connectivity index is 1.31. The highest BCUT2D eigenvalue weighted by Crippen LogP contribution is 2.54. The van der Waals surface area contributed by atoms with Gasteiger partial charge in [-0.3, -0.25) is 0 Å². The first-order valence-electron chi connectivity index (χ1n) is 12.8. The minimum absolute atomic E-state index is 0.0668. The molecule has 1 spiro atoms. The second kappa shape index (κ2) is 8.92. The SMILES string of the molecule is Nc1ccc(-n2cc(-c3cc(C(F)F)nc(N4CCC(F)(F)CC4)c3)cn2)c(N2CCC3(CC2)CC3)c1. The van der Waals surface area contributed by atoms with Gasteiger partial charge in [-0.1, -0.05) is 0 Å². The van der Waals surface area contributed by atoms with Crippen LogP contribution in [0.5, 0.6) is 0 Å². The number of aromatic nitrogens is 3. The lowest BCUT2D eigenvalue weighted by atomic mass is 9.93. The number of hydrogen-bond donors (Lipinski definition) is 1. The van der Waals surface area contributed by atoms with Gasteiger partial charge in [0, 0.05) is 56.5 Å². The summed E-state index contributed by atoms with van der Waals surface area (Å²) < 4.78 is 56.5. The number of anilines is 3. The largest absolute Gasteiger partial charge is 0.399 e. The zero-order chi connectivity index (χ0) is 25.8. The fraction of sp³-hybridized carbons (Fsp3) is 0.481. The predicted molar refractivity (Wildman–Crippen MR) is 136 cm³/mol. The zero-order valence-electron chi connectivity index (χ0n) is 20.5. The molecule has 2 saturated heterocycles. The highest BCUT2D eigenvalue weighted by Gasteiger charge is 2.44. The number of piperidine rings is 2. The van der Waals surface area contributed by atoms with Gasteiger partial charge >= 0.3 is 0 Å². The molecule has 6 rings (SSSR count). The van der Waals surface area contributed by atoms with Gasteiger partial charge in [0.05, 0.1) is 17.6 Å². The van der Waals surface area contributed by atoms with Crippen LogP contribution < -0.4 is 15.5 Å². The second-order valence-corrected chi connectivity index (χ2v) is 10.7. The van der Waals surface area contributed by atoms with E-state index in [2.05, 4.69) is 15.0 Å². The van der Waals surface area contributed by atoms with Crippen molar-refractivity contribution >= 4 is 17.2 Å². The predicted octanol–water partition coefficient (Wildman–Crippen LogP) is 6.07. The summed E-state index contributed by atoms with van der Waals surface area (Å²) in [5.41, 5.74) is 10.0. The van der Waals surface area contributed by atoms with E-state index in [4.69, 9.17) is 5.73 Å². The minimum atomic E-state index is -2.78. The minimum Gasteiger partial charge on any atom is -0.399 e. The molecule has 4 heterocycles. The van der Waals surface area contributed by atoms with Crippen LogP contribution in [0.15, 0.2) is 42.7 Å². The molecule has 3 aromatic rings. The number of halogens is 4. The molecule has 0 radical (unpaired) electrons. The first-order valence-corrected chi connectivity index (χ1v) is 12.8. The Hall–Kier alpha value is -3.30. The number of hydrogen-bond acceptors (Lipinski definition) is 5. The molecular formula is C27H30F4N6. The number of alkyl halides is 4. The number of nitrogen functional groups attached to an aromatic ring is 1. The standard InChI is InChI=1S/C27H30F4N6/c28-25(29)21-13-18(14-24(34-21)36-11-7-27(30,31)8-12-36)19-16-33-37(17-19)22-2-1-20(32)15-23(22)35-9-5-26(3-4-26)6-10-35/h1-2,13-17,25H,3-12,32H2. The van der Waals surface area contributed by atoms with Crippen molar-refractivity contribution in [2.24, 2.45) is 5.41 Å². The first-order chi connectivity index (χ1) is 17.7. The highest BCUT2D eigenvalue weighted by atomic mass is 19.3. The second-order valence-electron chi connectivity index (χ2n) is 10.7. The third kappa shape index (κ3) is 4.85. The topological polar surface area (TPSA) is 63.2 Å². The van der Waals surface area contributed by atoms with E-state index in [9.17, 15) is 17.6 Å². The molecule has 10 heteroatoms. The monoisotopic (exact) mass is 514 g/mol. The number of pyridine rings is 1. The maximum atomic E-state index is 13.7. The molecule has 3 fully saturated rings. The van der Waals surface area contributed by atoms with Gasteiger partial charge in [-0.25, -0.2) is 27.2 Å². The van der Waals surface area contributed by atoms with Crippen molar-refractivity contribution in [2.45, 2.75) is 50.9 Å². The van der Waals surface area contributed by atoms with Crippen LogP contribution in [-0.2, 0) is 0 Å². The normalized spacial score (nSPS) is 20.6. The van der Waals surface area contributed by atoms with E-state index in [1.807, 2.05) is 18.2 Å². The Morgan fingerprint density at radius 3 is 2.19 bits per heavy atom. The Bertz CT molecular complexity index is 1280. The van der Waals surface area contributed by atoms with Crippen molar-refractivity contribution in [3.05, 3.63) is 48.4 Å². The Morgan fingerprint density at radius 1 is 0.811 bits per heavy atom. The van der Waals surface area contributed by atoms with Crippen molar-refractivity contribution in [1.82, 2.24) is 14.8 Å². The van der Waals surface area contributed by atoms with Gasteiger partial charge in [-0.05, 0) is 67.0 Å². The third-order valence-corrected chi connectivity index (χ3v) is 8.16. The van der Waals surface area contributed by atoms with Crippen LogP contribution in [0, 0.1) is 5.41 Å². The van der Waals surface area contributed by atoms with E-state index in [0.717, 1.165) is 24.5 Å². The van der Waals surface area contributed by atoms with E-state index < -0.39 is 12.3 Å². The van der Waals surface area contributed by atoms with Crippen LogP contribution in [0.1, 0.15) is 50.6 Å². The first kappa shape index (κ1) is 24.1. The molecule has 1 saturated carbocycles. The van der Waals surface area contributed by atoms with Gasteiger partial charge in [-0.15, -0.1) is 0 Å². The Kier molecular flexibility index (Phi) is 5.80.